The van der Waals surface area contributed by atoms with Crippen LogP contribution in [0.15, 0.2) is 77.3 Å². The molecule has 0 bridgehead atoms. The van der Waals surface area contributed by atoms with Crippen LogP contribution in [0.25, 0.3) is 10.8 Å². The molecule has 0 radical (unpaired) electrons. The topological polar surface area (TPSA) is 88.6 Å². The highest BCUT2D eigenvalue weighted by molar-refractivity contribution is 14.1. The Morgan fingerprint density at radius 3 is 2.72 bits per heavy atom. The molecule has 0 aromatic heterocycles. The minimum absolute atomic E-state index is 0.0682. The third kappa shape index (κ3) is 4.09. The molecule has 0 spiro atoms. The summed E-state index contributed by atoms with van der Waals surface area (Å²) in [5.74, 6) is 1.11. The minimum atomic E-state index is -0.525. The SMILES string of the molecule is COc1cc([C@H]2C(C#N)=C(N)N(C)C3=C2C(=O)CCC3)cc(I)c1OCc1cccc2ccccc12. The van der Waals surface area contributed by atoms with Crippen LogP contribution in [0.4, 0.5) is 0 Å². The highest BCUT2D eigenvalue weighted by Crippen LogP contribution is 2.46. The van der Waals surface area contributed by atoms with Gasteiger partial charge in [0, 0.05) is 24.7 Å². The summed E-state index contributed by atoms with van der Waals surface area (Å²) in [6, 6.07) is 20.5. The first-order chi connectivity index (χ1) is 17.4. The standard InChI is InChI=1S/C29H26IN3O3/c1-33-23-11-6-12-24(34)27(23)26(21(15-31)29(33)32)19-13-22(30)28(25(14-19)35-2)36-16-18-9-5-8-17-7-3-4-10-20(17)18/h3-5,7-10,13-14,26H,6,11-12,16,32H2,1-2H3/t26-/m0/s1. The number of fused-ring (bicyclic) bond motifs is 1. The van der Waals surface area contributed by atoms with Crippen molar-refractivity contribution in [1.29, 1.82) is 5.26 Å². The fourth-order valence-corrected chi connectivity index (χ4v) is 5.99. The van der Waals surface area contributed by atoms with Gasteiger partial charge in [0.05, 0.1) is 28.2 Å². The molecular weight excluding hydrogens is 565 g/mol. The number of rotatable bonds is 5. The molecule has 0 unspecified atom stereocenters. The second-order valence-electron chi connectivity index (χ2n) is 9.00. The van der Waals surface area contributed by atoms with Crippen LogP contribution < -0.4 is 15.2 Å². The summed E-state index contributed by atoms with van der Waals surface area (Å²) in [6.45, 7) is 0.380. The Morgan fingerprint density at radius 1 is 1.17 bits per heavy atom. The lowest BCUT2D eigenvalue weighted by molar-refractivity contribution is -0.116. The number of benzene rings is 3. The van der Waals surface area contributed by atoms with Crippen LogP contribution in [-0.2, 0) is 11.4 Å². The average Bonchev–Trinajstić information content (AvgIpc) is 2.89. The number of nitriles is 1. The second kappa shape index (κ2) is 9.86. The van der Waals surface area contributed by atoms with Crippen molar-refractivity contribution in [1.82, 2.24) is 4.90 Å². The van der Waals surface area contributed by atoms with Crippen molar-refractivity contribution < 1.29 is 14.3 Å². The largest absolute Gasteiger partial charge is 0.493 e. The van der Waals surface area contributed by atoms with Gasteiger partial charge in [-0.05, 0) is 69.5 Å². The molecule has 1 atom stereocenters. The summed E-state index contributed by atoms with van der Waals surface area (Å²) in [5.41, 5.74) is 10.2. The number of carbonyl (C=O) groups is 1. The molecule has 1 aliphatic heterocycles. The molecule has 36 heavy (non-hydrogen) atoms. The van der Waals surface area contributed by atoms with Gasteiger partial charge in [0.1, 0.15) is 12.4 Å². The maximum Gasteiger partial charge on any atom is 0.174 e. The summed E-state index contributed by atoms with van der Waals surface area (Å²) < 4.78 is 12.9. The highest BCUT2D eigenvalue weighted by Gasteiger charge is 2.39. The quantitative estimate of drug-likeness (QED) is 0.380. The molecule has 3 aromatic carbocycles. The van der Waals surface area contributed by atoms with Gasteiger partial charge in [-0.1, -0.05) is 42.5 Å². The predicted molar refractivity (Wildman–Crippen MR) is 147 cm³/mol. The summed E-state index contributed by atoms with van der Waals surface area (Å²) in [7, 11) is 3.42. The van der Waals surface area contributed by atoms with E-state index in [0.717, 1.165) is 44.0 Å². The molecule has 2 aliphatic rings. The van der Waals surface area contributed by atoms with Crippen molar-refractivity contribution in [2.45, 2.75) is 31.8 Å². The normalized spacial score (nSPS) is 17.8. The van der Waals surface area contributed by atoms with Gasteiger partial charge in [0.25, 0.3) is 0 Å². The number of nitrogens with zero attached hydrogens (tertiary/aromatic N) is 2. The fourth-order valence-electron chi connectivity index (χ4n) is 5.21. The van der Waals surface area contributed by atoms with E-state index < -0.39 is 5.92 Å². The Balaban J connectivity index is 1.55. The lowest BCUT2D eigenvalue weighted by atomic mass is 9.76. The van der Waals surface area contributed by atoms with Crippen LogP contribution in [0.5, 0.6) is 11.5 Å². The Morgan fingerprint density at radius 2 is 1.94 bits per heavy atom. The number of ketones is 1. The predicted octanol–water partition coefficient (Wildman–Crippen LogP) is 5.76. The lowest BCUT2D eigenvalue weighted by Gasteiger charge is -2.37. The molecule has 0 fully saturated rings. The van der Waals surface area contributed by atoms with E-state index in [1.807, 2.05) is 37.4 Å². The third-order valence-corrected chi connectivity index (χ3v) is 7.81. The van der Waals surface area contributed by atoms with Gasteiger partial charge in [0.15, 0.2) is 17.3 Å². The molecule has 182 valence electrons. The van der Waals surface area contributed by atoms with E-state index in [0.29, 0.717) is 41.5 Å². The van der Waals surface area contributed by atoms with Gasteiger partial charge < -0.3 is 20.1 Å². The first-order valence-electron chi connectivity index (χ1n) is 11.8. The van der Waals surface area contributed by atoms with Crippen molar-refractivity contribution in [3.05, 3.63) is 92.0 Å². The van der Waals surface area contributed by atoms with E-state index in [1.165, 1.54) is 0 Å². The molecule has 1 heterocycles. The average molecular weight is 591 g/mol. The summed E-state index contributed by atoms with van der Waals surface area (Å²) in [4.78, 5) is 14.9. The number of hydrogen-bond acceptors (Lipinski definition) is 6. The van der Waals surface area contributed by atoms with Crippen molar-refractivity contribution in [3.8, 4) is 17.6 Å². The van der Waals surface area contributed by atoms with E-state index in [-0.39, 0.29) is 5.78 Å². The monoisotopic (exact) mass is 591 g/mol. The fraction of sp³-hybridized carbons (Fsp3) is 0.241. The molecule has 5 rings (SSSR count). The zero-order valence-electron chi connectivity index (χ0n) is 20.2. The smallest absolute Gasteiger partial charge is 0.174 e. The van der Waals surface area contributed by atoms with Gasteiger partial charge in [-0.3, -0.25) is 4.79 Å². The number of carbonyl (C=O) groups excluding carboxylic acids is 1. The van der Waals surface area contributed by atoms with E-state index in [4.69, 9.17) is 15.2 Å². The number of hydrogen-bond donors (Lipinski definition) is 1. The molecular formula is C29H26IN3O3. The lowest BCUT2D eigenvalue weighted by Crippen LogP contribution is -2.36. The molecule has 2 N–H and O–H groups in total. The Hall–Kier alpha value is -3.51. The Bertz CT molecular complexity index is 1480. The van der Waals surface area contributed by atoms with E-state index in [9.17, 15) is 10.1 Å². The Kier molecular flexibility index (Phi) is 6.63. The number of methoxy groups -OCH3 is 1. The van der Waals surface area contributed by atoms with E-state index in [1.54, 1.807) is 12.0 Å². The third-order valence-electron chi connectivity index (χ3n) is 7.01. The maximum atomic E-state index is 13.1. The van der Waals surface area contributed by atoms with Crippen molar-refractivity contribution in [2.75, 3.05) is 14.2 Å². The van der Waals surface area contributed by atoms with Gasteiger partial charge in [-0.2, -0.15) is 5.26 Å². The van der Waals surface area contributed by atoms with Gasteiger partial charge in [-0.25, -0.2) is 0 Å². The van der Waals surface area contributed by atoms with Crippen LogP contribution in [0.3, 0.4) is 0 Å². The van der Waals surface area contributed by atoms with Crippen LogP contribution in [0.1, 0.15) is 36.3 Å². The summed E-state index contributed by atoms with van der Waals surface area (Å²) in [6.07, 6.45) is 2.02. The van der Waals surface area contributed by atoms with Crippen molar-refractivity contribution >= 4 is 39.1 Å². The molecule has 3 aromatic rings. The molecule has 6 nitrogen and oxygen atoms in total. The minimum Gasteiger partial charge on any atom is -0.493 e. The molecule has 1 aliphatic carbocycles. The maximum absolute atomic E-state index is 13.1. The second-order valence-corrected chi connectivity index (χ2v) is 10.2. The number of ether oxygens (including phenoxy) is 2. The van der Waals surface area contributed by atoms with Gasteiger partial charge in [0.2, 0.25) is 0 Å². The van der Waals surface area contributed by atoms with Gasteiger partial charge >= 0.3 is 0 Å². The first kappa shape index (κ1) is 24.2. The molecule has 0 saturated carbocycles. The van der Waals surface area contributed by atoms with E-state index >= 15 is 0 Å². The zero-order chi connectivity index (χ0) is 25.4. The van der Waals surface area contributed by atoms with Crippen LogP contribution in [0, 0.1) is 14.9 Å². The number of allylic oxidation sites excluding steroid dienone is 3. The number of Topliss-reactive ketones (excluding diaryl/α,β-unsaturated/α-hetero) is 1. The van der Waals surface area contributed by atoms with Crippen LogP contribution in [0.2, 0.25) is 0 Å². The summed E-state index contributed by atoms with van der Waals surface area (Å²) in [5, 5.41) is 12.3. The van der Waals surface area contributed by atoms with Gasteiger partial charge in [-0.15, -0.1) is 0 Å². The van der Waals surface area contributed by atoms with Crippen molar-refractivity contribution in [3.63, 3.8) is 0 Å². The highest BCUT2D eigenvalue weighted by atomic mass is 127. The first-order valence-corrected chi connectivity index (χ1v) is 12.9. The molecule has 7 heteroatoms. The Labute approximate surface area is 224 Å². The van der Waals surface area contributed by atoms with E-state index in [2.05, 4.69) is 52.9 Å². The summed E-state index contributed by atoms with van der Waals surface area (Å²) >= 11 is 2.23. The molecule has 0 amide bonds. The molecule has 0 saturated heterocycles. The van der Waals surface area contributed by atoms with Crippen LogP contribution in [-0.4, -0.2) is 24.8 Å². The number of nitrogens with two attached hydrogens (primary N) is 1. The van der Waals surface area contributed by atoms with Crippen LogP contribution >= 0.6 is 22.6 Å². The van der Waals surface area contributed by atoms with Crippen molar-refractivity contribution in [2.24, 2.45) is 5.73 Å². The number of halogens is 1. The zero-order valence-corrected chi connectivity index (χ0v) is 22.3.